The lowest BCUT2D eigenvalue weighted by molar-refractivity contribution is 0.340. The normalized spacial score (nSPS) is 21.7. The fourth-order valence-electron chi connectivity index (χ4n) is 6.59. The van der Waals surface area contributed by atoms with E-state index < -0.39 is 0 Å². The summed E-state index contributed by atoms with van der Waals surface area (Å²) in [6.45, 7) is 4.69. The van der Waals surface area contributed by atoms with Gasteiger partial charge in [-0.1, -0.05) is 153 Å². The Morgan fingerprint density at radius 3 is 1.24 bits per heavy atom. The van der Waals surface area contributed by atoms with Crippen molar-refractivity contribution in [2.24, 2.45) is 0 Å². The molecule has 0 aromatic heterocycles. The predicted octanol–water partition coefficient (Wildman–Crippen LogP) is 10.5. The van der Waals surface area contributed by atoms with E-state index in [0.717, 1.165) is 25.7 Å². The molecule has 1 nitrogen and oxygen atoms in total. The fourth-order valence-corrected chi connectivity index (χ4v) is 6.59. The monoisotopic (exact) mass is 533 g/mol. The molecule has 2 unspecified atom stereocenters. The van der Waals surface area contributed by atoms with E-state index in [1.54, 1.807) is 0 Å². The van der Waals surface area contributed by atoms with Gasteiger partial charge in [-0.25, -0.2) is 0 Å². The second-order valence-electron chi connectivity index (χ2n) is 11.3. The number of rotatable bonds is 8. The Hall–Kier alpha value is -4.36. The lowest BCUT2D eigenvalue weighted by Gasteiger charge is -2.55. The summed E-state index contributed by atoms with van der Waals surface area (Å²) in [5.74, 6) is 0. The topological polar surface area (TPSA) is 3.24 Å². The molecule has 0 N–H and O–H groups in total. The Bertz CT molecular complexity index is 1490. The van der Waals surface area contributed by atoms with Crippen molar-refractivity contribution >= 4 is 16.8 Å². The Labute approximate surface area is 245 Å². The molecule has 0 bridgehead atoms. The van der Waals surface area contributed by atoms with Crippen LogP contribution in [-0.2, 0) is 0 Å². The molecule has 0 amide bonds. The summed E-state index contributed by atoms with van der Waals surface area (Å²) in [6, 6.07) is 41.5. The average molecular weight is 534 g/mol. The van der Waals surface area contributed by atoms with Gasteiger partial charge in [0.1, 0.15) is 0 Å². The van der Waals surface area contributed by atoms with Crippen molar-refractivity contribution in [2.75, 3.05) is 4.90 Å². The van der Waals surface area contributed by atoms with Crippen molar-refractivity contribution < 1.29 is 0 Å². The van der Waals surface area contributed by atoms with Crippen LogP contribution in [0.2, 0.25) is 0 Å². The smallest absolute Gasteiger partial charge is 0.0629 e. The van der Waals surface area contributed by atoms with Gasteiger partial charge in [-0.15, -0.1) is 0 Å². The largest absolute Gasteiger partial charge is 0.353 e. The zero-order valence-corrected chi connectivity index (χ0v) is 24.2. The zero-order chi connectivity index (χ0) is 28.1. The molecule has 0 spiro atoms. The van der Waals surface area contributed by atoms with Crippen LogP contribution in [0.5, 0.6) is 0 Å². The molecule has 0 saturated carbocycles. The van der Waals surface area contributed by atoms with Crippen molar-refractivity contribution in [3.63, 3.8) is 0 Å². The molecule has 2 aliphatic carbocycles. The lowest BCUT2D eigenvalue weighted by atomic mass is 9.75. The van der Waals surface area contributed by atoms with E-state index in [9.17, 15) is 0 Å². The van der Waals surface area contributed by atoms with Crippen LogP contribution in [-0.4, -0.2) is 11.1 Å². The van der Waals surface area contributed by atoms with Gasteiger partial charge in [0.2, 0.25) is 0 Å². The van der Waals surface area contributed by atoms with Crippen LogP contribution in [0.3, 0.4) is 0 Å². The molecule has 0 radical (unpaired) electrons. The molecule has 0 heterocycles. The summed E-state index contributed by atoms with van der Waals surface area (Å²) in [5, 5.41) is 0. The molecular formula is C40H39N. The Morgan fingerprint density at radius 1 is 0.488 bits per heavy atom. The third-order valence-electron chi connectivity index (χ3n) is 9.06. The summed E-state index contributed by atoms with van der Waals surface area (Å²) >= 11 is 0. The summed E-state index contributed by atoms with van der Waals surface area (Å²) in [5.41, 5.74) is 8.70. The maximum absolute atomic E-state index is 2.75. The minimum Gasteiger partial charge on any atom is -0.353 e. The van der Waals surface area contributed by atoms with Gasteiger partial charge in [0.05, 0.1) is 11.1 Å². The van der Waals surface area contributed by atoms with E-state index in [-0.39, 0.29) is 11.1 Å². The number of hydrogen-bond acceptors (Lipinski definition) is 1. The highest BCUT2D eigenvalue weighted by molar-refractivity contribution is 5.79. The van der Waals surface area contributed by atoms with E-state index in [0.29, 0.717) is 0 Å². The lowest BCUT2D eigenvalue weighted by Crippen LogP contribution is -2.60. The highest BCUT2D eigenvalue weighted by Gasteiger charge is 2.45. The van der Waals surface area contributed by atoms with Gasteiger partial charge in [0, 0.05) is 5.69 Å². The summed E-state index contributed by atoms with van der Waals surface area (Å²) in [4.78, 5) is 2.75. The maximum Gasteiger partial charge on any atom is 0.0629 e. The molecule has 204 valence electrons. The van der Waals surface area contributed by atoms with Gasteiger partial charge >= 0.3 is 0 Å². The van der Waals surface area contributed by atoms with E-state index in [2.05, 4.69) is 170 Å². The molecule has 0 aliphatic heterocycles. The highest BCUT2D eigenvalue weighted by Crippen LogP contribution is 2.46. The second-order valence-corrected chi connectivity index (χ2v) is 11.3. The first-order valence-corrected chi connectivity index (χ1v) is 15.0. The van der Waals surface area contributed by atoms with Gasteiger partial charge in [0.15, 0.2) is 0 Å². The van der Waals surface area contributed by atoms with E-state index >= 15 is 0 Å². The molecule has 0 saturated heterocycles. The molecule has 2 aliphatic rings. The molecule has 1 heteroatoms. The predicted molar refractivity (Wildman–Crippen MR) is 177 cm³/mol. The molecule has 41 heavy (non-hydrogen) atoms. The van der Waals surface area contributed by atoms with Gasteiger partial charge in [0.25, 0.3) is 0 Å². The number of allylic oxidation sites excluding steroid dienone is 4. The minimum atomic E-state index is -0.134. The minimum absolute atomic E-state index is 0.134. The van der Waals surface area contributed by atoms with E-state index in [1.807, 2.05) is 0 Å². The van der Waals surface area contributed by atoms with Crippen molar-refractivity contribution in [1.82, 2.24) is 0 Å². The second kappa shape index (κ2) is 11.6. The molecule has 0 fully saturated rings. The first-order chi connectivity index (χ1) is 20.2. The van der Waals surface area contributed by atoms with Crippen molar-refractivity contribution in [2.45, 2.75) is 50.6 Å². The summed E-state index contributed by atoms with van der Waals surface area (Å²) in [7, 11) is 0. The van der Waals surface area contributed by atoms with Gasteiger partial charge in [-0.3, -0.25) is 0 Å². The van der Waals surface area contributed by atoms with Crippen LogP contribution in [0.15, 0.2) is 152 Å². The third-order valence-corrected chi connectivity index (χ3v) is 9.06. The summed E-state index contributed by atoms with van der Waals surface area (Å²) in [6.07, 6.45) is 18.6. The molecular weight excluding hydrogens is 494 g/mol. The molecule has 4 aromatic carbocycles. The maximum atomic E-state index is 2.75. The fraction of sp³-hybridized carbons (Fsp3) is 0.200. The number of anilines is 1. The molecule has 4 aromatic rings. The van der Waals surface area contributed by atoms with Gasteiger partial charge in [-0.2, -0.15) is 0 Å². The average Bonchev–Trinajstić information content (AvgIpc) is 3.07. The highest BCUT2D eigenvalue weighted by atomic mass is 15.3. The number of hydrogen-bond donors (Lipinski definition) is 0. The Morgan fingerprint density at radius 2 is 0.878 bits per heavy atom. The van der Waals surface area contributed by atoms with Gasteiger partial charge in [-0.05, 0) is 71.2 Å². The van der Waals surface area contributed by atoms with Crippen LogP contribution < -0.4 is 4.90 Å². The first-order valence-electron chi connectivity index (χ1n) is 15.0. The van der Waals surface area contributed by atoms with Crippen LogP contribution in [0.1, 0.15) is 50.7 Å². The van der Waals surface area contributed by atoms with Gasteiger partial charge < -0.3 is 4.90 Å². The SMILES string of the molecule is CCC1(N(c2ccc(-c3ccccc3)cc2)C2(CC)C=CC(c3ccccc3)=CC2)C=CC(c2ccccc2)=CC1. The standard InChI is InChI=1S/C40H39N/c1-3-39(28-24-36(25-29-39)33-16-10-6-11-17-33)41(38-22-20-35(21-23-38)32-14-8-5-9-15-32)40(4-2)30-26-37(27-31-40)34-18-12-7-13-19-34/h5-28,30H,3-4,29,31H2,1-2H3. The van der Waals surface area contributed by atoms with Crippen molar-refractivity contribution in [3.8, 4) is 11.1 Å². The van der Waals surface area contributed by atoms with Crippen LogP contribution in [0, 0.1) is 0 Å². The zero-order valence-electron chi connectivity index (χ0n) is 24.2. The first kappa shape index (κ1) is 26.8. The Kier molecular flexibility index (Phi) is 7.61. The molecule has 2 atom stereocenters. The van der Waals surface area contributed by atoms with Crippen molar-refractivity contribution in [1.29, 1.82) is 0 Å². The molecule has 6 rings (SSSR count). The van der Waals surface area contributed by atoms with Crippen LogP contribution in [0.4, 0.5) is 5.69 Å². The third kappa shape index (κ3) is 5.25. The quantitative estimate of drug-likeness (QED) is 0.218. The van der Waals surface area contributed by atoms with Crippen molar-refractivity contribution in [3.05, 3.63) is 163 Å². The Balaban J connectivity index is 1.41. The van der Waals surface area contributed by atoms with Crippen LogP contribution in [0.25, 0.3) is 22.3 Å². The summed E-state index contributed by atoms with van der Waals surface area (Å²) < 4.78 is 0. The van der Waals surface area contributed by atoms with E-state index in [1.165, 1.54) is 39.1 Å². The number of benzene rings is 4. The van der Waals surface area contributed by atoms with Crippen LogP contribution >= 0.6 is 0 Å². The van der Waals surface area contributed by atoms with E-state index in [4.69, 9.17) is 0 Å². The number of nitrogens with zero attached hydrogens (tertiary/aromatic N) is 1.